The molecule has 0 atom stereocenters. The van der Waals surface area contributed by atoms with Crippen LogP contribution in [0, 0.1) is 0 Å². The Morgan fingerprint density at radius 2 is 1.68 bits per heavy atom. The van der Waals surface area contributed by atoms with Crippen LogP contribution in [0.2, 0.25) is 0 Å². The van der Waals surface area contributed by atoms with Gasteiger partial charge >= 0.3 is 0 Å². The van der Waals surface area contributed by atoms with Gasteiger partial charge in [-0.05, 0) is 24.3 Å². The van der Waals surface area contributed by atoms with E-state index >= 15 is 0 Å². The van der Waals surface area contributed by atoms with Gasteiger partial charge in [0.05, 0.1) is 23.3 Å². The van der Waals surface area contributed by atoms with Crippen LogP contribution in [0.1, 0.15) is 5.69 Å². The molecular formula is C14H13N5. The summed E-state index contributed by atoms with van der Waals surface area (Å²) in [5.74, 6) is 0.985. The summed E-state index contributed by atoms with van der Waals surface area (Å²) in [7, 11) is 0. The third-order valence-corrected chi connectivity index (χ3v) is 2.76. The van der Waals surface area contributed by atoms with Crippen molar-refractivity contribution in [2.75, 3.05) is 11.1 Å². The molecule has 0 bridgehead atoms. The zero-order valence-corrected chi connectivity index (χ0v) is 10.2. The summed E-state index contributed by atoms with van der Waals surface area (Å²) in [6.45, 7) is 0.568. The number of nitrogens with zero attached hydrogens (tertiary/aromatic N) is 3. The maximum atomic E-state index is 5.89. The van der Waals surface area contributed by atoms with E-state index in [-0.39, 0.29) is 0 Å². The SMILES string of the molecule is Nc1nc2ccccc2nc1NCc1ccccn1. The quantitative estimate of drug-likeness (QED) is 0.746. The van der Waals surface area contributed by atoms with E-state index < -0.39 is 0 Å². The summed E-state index contributed by atoms with van der Waals surface area (Å²) < 4.78 is 0. The molecule has 19 heavy (non-hydrogen) atoms. The van der Waals surface area contributed by atoms with Crippen LogP contribution in [0.4, 0.5) is 11.6 Å². The predicted octanol–water partition coefficient (Wildman–Crippen LogP) is 2.22. The monoisotopic (exact) mass is 251 g/mol. The second kappa shape index (κ2) is 4.89. The van der Waals surface area contributed by atoms with Crippen LogP contribution in [0.25, 0.3) is 11.0 Å². The number of fused-ring (bicyclic) bond motifs is 1. The Bertz CT molecular complexity index is 697. The van der Waals surface area contributed by atoms with Gasteiger partial charge in [-0.1, -0.05) is 18.2 Å². The van der Waals surface area contributed by atoms with Crippen LogP contribution < -0.4 is 11.1 Å². The number of nitrogens with two attached hydrogens (primary N) is 1. The highest BCUT2D eigenvalue weighted by Crippen LogP contribution is 2.18. The maximum absolute atomic E-state index is 5.89. The van der Waals surface area contributed by atoms with Crippen molar-refractivity contribution in [2.24, 2.45) is 0 Å². The van der Waals surface area contributed by atoms with Gasteiger partial charge in [-0.15, -0.1) is 0 Å². The van der Waals surface area contributed by atoms with Gasteiger partial charge in [-0.2, -0.15) is 0 Å². The standard InChI is InChI=1S/C14H13N5/c15-13-14(17-9-10-5-3-4-8-16-10)19-12-7-2-1-6-11(12)18-13/h1-8H,9H2,(H2,15,18)(H,17,19). The molecule has 3 rings (SSSR count). The highest BCUT2D eigenvalue weighted by molar-refractivity contribution is 5.79. The second-order valence-corrected chi connectivity index (χ2v) is 4.12. The molecule has 0 aliphatic carbocycles. The van der Waals surface area contributed by atoms with E-state index in [0.29, 0.717) is 18.2 Å². The first-order valence-corrected chi connectivity index (χ1v) is 5.99. The van der Waals surface area contributed by atoms with E-state index in [9.17, 15) is 0 Å². The molecular weight excluding hydrogens is 238 g/mol. The zero-order valence-electron chi connectivity index (χ0n) is 10.2. The van der Waals surface area contributed by atoms with Crippen molar-refractivity contribution in [3.8, 4) is 0 Å². The van der Waals surface area contributed by atoms with Crippen LogP contribution in [0.15, 0.2) is 48.7 Å². The lowest BCUT2D eigenvalue weighted by atomic mass is 10.3. The van der Waals surface area contributed by atoms with Gasteiger partial charge in [-0.3, -0.25) is 4.98 Å². The van der Waals surface area contributed by atoms with Crippen LogP contribution in [-0.4, -0.2) is 15.0 Å². The van der Waals surface area contributed by atoms with E-state index in [2.05, 4.69) is 20.3 Å². The first-order valence-electron chi connectivity index (χ1n) is 5.99. The first kappa shape index (κ1) is 11.4. The molecule has 0 saturated carbocycles. The number of aromatic nitrogens is 3. The molecule has 3 aromatic rings. The van der Waals surface area contributed by atoms with Gasteiger partial charge in [0.25, 0.3) is 0 Å². The van der Waals surface area contributed by atoms with Crippen LogP contribution in [0.5, 0.6) is 0 Å². The molecule has 0 unspecified atom stereocenters. The molecule has 2 aromatic heterocycles. The number of para-hydroxylation sites is 2. The Kier molecular flexibility index (Phi) is 2.94. The molecule has 1 aromatic carbocycles. The van der Waals surface area contributed by atoms with Gasteiger partial charge in [-0.25, -0.2) is 9.97 Å². The van der Waals surface area contributed by atoms with Gasteiger partial charge in [0.1, 0.15) is 0 Å². The summed E-state index contributed by atoms with van der Waals surface area (Å²) in [5.41, 5.74) is 8.44. The number of rotatable bonds is 3. The minimum absolute atomic E-state index is 0.398. The number of benzene rings is 1. The molecule has 0 aliphatic heterocycles. The van der Waals surface area contributed by atoms with Crippen LogP contribution >= 0.6 is 0 Å². The van der Waals surface area contributed by atoms with Gasteiger partial charge in [0, 0.05) is 6.20 Å². The van der Waals surface area contributed by atoms with Crippen molar-refractivity contribution in [3.05, 3.63) is 54.4 Å². The molecule has 0 spiro atoms. The number of anilines is 2. The molecule has 0 radical (unpaired) electrons. The lowest BCUT2D eigenvalue weighted by Gasteiger charge is -2.08. The van der Waals surface area contributed by atoms with Gasteiger partial charge in [0.2, 0.25) is 0 Å². The van der Waals surface area contributed by atoms with E-state index in [1.807, 2.05) is 42.5 Å². The summed E-state index contributed by atoms with van der Waals surface area (Å²) in [5, 5.41) is 3.16. The fourth-order valence-corrected chi connectivity index (χ4v) is 1.82. The largest absolute Gasteiger partial charge is 0.381 e. The van der Waals surface area contributed by atoms with E-state index in [1.54, 1.807) is 6.20 Å². The van der Waals surface area contributed by atoms with Gasteiger partial charge < -0.3 is 11.1 Å². The Hall–Kier alpha value is -2.69. The minimum Gasteiger partial charge on any atom is -0.381 e. The van der Waals surface area contributed by atoms with Crippen molar-refractivity contribution in [2.45, 2.75) is 6.54 Å². The minimum atomic E-state index is 0.398. The zero-order chi connectivity index (χ0) is 13.1. The second-order valence-electron chi connectivity index (χ2n) is 4.12. The Balaban J connectivity index is 1.86. The summed E-state index contributed by atoms with van der Waals surface area (Å²) >= 11 is 0. The van der Waals surface area contributed by atoms with Crippen molar-refractivity contribution in [3.63, 3.8) is 0 Å². The summed E-state index contributed by atoms with van der Waals surface area (Å²) in [6, 6.07) is 13.4. The fourth-order valence-electron chi connectivity index (χ4n) is 1.82. The Morgan fingerprint density at radius 3 is 2.42 bits per heavy atom. The van der Waals surface area contributed by atoms with Crippen LogP contribution in [0.3, 0.4) is 0 Å². The van der Waals surface area contributed by atoms with Crippen molar-refractivity contribution in [1.82, 2.24) is 15.0 Å². The van der Waals surface area contributed by atoms with E-state index in [0.717, 1.165) is 16.7 Å². The topological polar surface area (TPSA) is 76.7 Å². The highest BCUT2D eigenvalue weighted by atomic mass is 15.1. The number of pyridine rings is 1. The molecule has 94 valence electrons. The third kappa shape index (κ3) is 2.44. The molecule has 2 heterocycles. The highest BCUT2D eigenvalue weighted by Gasteiger charge is 2.05. The molecule has 5 heteroatoms. The third-order valence-electron chi connectivity index (χ3n) is 2.76. The van der Waals surface area contributed by atoms with E-state index in [4.69, 9.17) is 5.73 Å². The molecule has 0 amide bonds. The molecule has 0 aliphatic rings. The normalized spacial score (nSPS) is 10.5. The molecule has 0 fully saturated rings. The van der Waals surface area contributed by atoms with E-state index in [1.165, 1.54) is 0 Å². The lowest BCUT2D eigenvalue weighted by molar-refractivity contribution is 1.03. The Morgan fingerprint density at radius 1 is 0.947 bits per heavy atom. The summed E-state index contributed by atoms with van der Waals surface area (Å²) in [6.07, 6.45) is 1.76. The number of nitrogens with one attached hydrogen (secondary N) is 1. The number of hydrogen-bond donors (Lipinski definition) is 2. The average Bonchev–Trinajstić information content (AvgIpc) is 2.46. The first-order chi connectivity index (χ1) is 9.33. The molecule has 3 N–H and O–H groups in total. The lowest BCUT2D eigenvalue weighted by Crippen LogP contribution is -2.07. The van der Waals surface area contributed by atoms with Crippen LogP contribution in [-0.2, 0) is 6.54 Å². The Labute approximate surface area is 110 Å². The average molecular weight is 251 g/mol. The molecule has 0 saturated heterocycles. The van der Waals surface area contributed by atoms with Crippen molar-refractivity contribution in [1.29, 1.82) is 0 Å². The fraction of sp³-hybridized carbons (Fsp3) is 0.0714. The maximum Gasteiger partial charge on any atom is 0.169 e. The predicted molar refractivity (Wildman–Crippen MR) is 75.5 cm³/mol. The number of hydrogen-bond acceptors (Lipinski definition) is 5. The smallest absolute Gasteiger partial charge is 0.169 e. The summed E-state index contributed by atoms with van der Waals surface area (Å²) in [4.78, 5) is 13.0. The van der Waals surface area contributed by atoms with Crippen molar-refractivity contribution < 1.29 is 0 Å². The van der Waals surface area contributed by atoms with Gasteiger partial charge in [0.15, 0.2) is 11.6 Å². The van der Waals surface area contributed by atoms with Crippen molar-refractivity contribution >= 4 is 22.7 Å². The molecule has 5 nitrogen and oxygen atoms in total. The number of nitrogen functional groups attached to an aromatic ring is 1.